The molecule has 0 saturated carbocycles. The summed E-state index contributed by atoms with van der Waals surface area (Å²) in [6.45, 7) is 4.62. The van der Waals surface area contributed by atoms with E-state index >= 15 is 0 Å². The van der Waals surface area contributed by atoms with Gasteiger partial charge in [-0.1, -0.05) is 59.3 Å². The highest BCUT2D eigenvalue weighted by Gasteiger charge is 2.17. The Morgan fingerprint density at radius 2 is 1.95 bits per heavy atom. The first-order valence-corrected chi connectivity index (χ1v) is 8.23. The molecule has 1 aliphatic rings. The first kappa shape index (κ1) is 14.8. The number of halogens is 1. The van der Waals surface area contributed by atoms with E-state index in [1.54, 1.807) is 0 Å². The van der Waals surface area contributed by atoms with Crippen molar-refractivity contribution in [3.8, 4) is 0 Å². The Kier molecular flexibility index (Phi) is 4.73. The molecule has 0 aliphatic carbocycles. The summed E-state index contributed by atoms with van der Waals surface area (Å²) >= 11 is 3.65. The normalized spacial score (nSPS) is 15.0. The molecule has 110 valence electrons. The van der Waals surface area contributed by atoms with Crippen molar-refractivity contribution in [2.75, 3.05) is 6.54 Å². The molecular formula is C18H20BrNO. The minimum Gasteiger partial charge on any atom is -0.372 e. The standard InChI is InChI=1S/C18H20BrNO/c1-2-20-18(10-13-5-3-4-6-17(13)19)14-7-8-15-11-21-12-16(15)9-14/h3-9,18,20H,2,10-12H2,1H3. The van der Waals surface area contributed by atoms with Gasteiger partial charge < -0.3 is 10.1 Å². The lowest BCUT2D eigenvalue weighted by Crippen LogP contribution is -2.23. The summed E-state index contributed by atoms with van der Waals surface area (Å²) < 4.78 is 6.70. The highest BCUT2D eigenvalue weighted by Crippen LogP contribution is 2.27. The largest absolute Gasteiger partial charge is 0.372 e. The molecule has 0 radical (unpaired) electrons. The Labute approximate surface area is 134 Å². The van der Waals surface area contributed by atoms with Crippen LogP contribution in [0, 0.1) is 0 Å². The van der Waals surface area contributed by atoms with Gasteiger partial charge >= 0.3 is 0 Å². The molecule has 0 amide bonds. The molecule has 3 heteroatoms. The van der Waals surface area contributed by atoms with Crippen LogP contribution in [0.3, 0.4) is 0 Å². The van der Waals surface area contributed by atoms with Gasteiger partial charge in [-0.2, -0.15) is 0 Å². The second-order valence-electron chi connectivity index (χ2n) is 5.43. The number of rotatable bonds is 5. The first-order valence-electron chi connectivity index (χ1n) is 7.44. The van der Waals surface area contributed by atoms with Crippen LogP contribution < -0.4 is 5.32 Å². The molecule has 2 aromatic carbocycles. The molecule has 0 aromatic heterocycles. The van der Waals surface area contributed by atoms with Crippen molar-refractivity contribution in [2.24, 2.45) is 0 Å². The highest BCUT2D eigenvalue weighted by molar-refractivity contribution is 9.10. The second kappa shape index (κ2) is 6.73. The molecule has 2 aromatic rings. The number of nitrogens with one attached hydrogen (secondary N) is 1. The summed E-state index contributed by atoms with van der Waals surface area (Å²) in [5.41, 5.74) is 5.34. The van der Waals surface area contributed by atoms with Crippen molar-refractivity contribution < 1.29 is 4.74 Å². The Bertz CT molecular complexity index is 626. The zero-order chi connectivity index (χ0) is 14.7. The predicted octanol–water partition coefficient (Wildman–Crippen LogP) is 4.37. The number of hydrogen-bond donors (Lipinski definition) is 1. The smallest absolute Gasteiger partial charge is 0.0725 e. The highest BCUT2D eigenvalue weighted by atomic mass is 79.9. The molecule has 1 aliphatic heterocycles. The van der Waals surface area contributed by atoms with Crippen LogP contribution in [-0.4, -0.2) is 6.54 Å². The topological polar surface area (TPSA) is 21.3 Å². The average molecular weight is 346 g/mol. The molecule has 0 bridgehead atoms. The van der Waals surface area contributed by atoms with Crippen LogP contribution in [0.1, 0.15) is 35.2 Å². The van der Waals surface area contributed by atoms with E-state index in [4.69, 9.17) is 4.74 Å². The molecule has 0 fully saturated rings. The zero-order valence-electron chi connectivity index (χ0n) is 12.2. The van der Waals surface area contributed by atoms with Crippen molar-refractivity contribution in [3.63, 3.8) is 0 Å². The van der Waals surface area contributed by atoms with Crippen LogP contribution in [0.5, 0.6) is 0 Å². The fourth-order valence-electron chi connectivity index (χ4n) is 2.85. The van der Waals surface area contributed by atoms with Gasteiger partial charge in [-0.05, 0) is 41.3 Å². The maximum absolute atomic E-state index is 5.52. The van der Waals surface area contributed by atoms with E-state index in [9.17, 15) is 0 Å². The maximum atomic E-state index is 5.52. The fourth-order valence-corrected chi connectivity index (χ4v) is 3.29. The van der Waals surface area contributed by atoms with Crippen molar-refractivity contribution in [2.45, 2.75) is 32.6 Å². The minimum atomic E-state index is 0.333. The monoisotopic (exact) mass is 345 g/mol. The number of ether oxygens (including phenoxy) is 1. The molecular weight excluding hydrogens is 326 g/mol. The summed E-state index contributed by atoms with van der Waals surface area (Å²) in [6.07, 6.45) is 0.981. The Morgan fingerprint density at radius 1 is 1.14 bits per heavy atom. The molecule has 1 atom stereocenters. The van der Waals surface area contributed by atoms with Gasteiger partial charge in [-0.25, -0.2) is 0 Å². The van der Waals surface area contributed by atoms with E-state index in [0.29, 0.717) is 6.04 Å². The van der Waals surface area contributed by atoms with Crippen molar-refractivity contribution in [1.82, 2.24) is 5.32 Å². The van der Waals surface area contributed by atoms with Crippen LogP contribution in [-0.2, 0) is 24.4 Å². The lowest BCUT2D eigenvalue weighted by atomic mass is 9.96. The summed E-state index contributed by atoms with van der Waals surface area (Å²) in [6, 6.07) is 15.5. The van der Waals surface area contributed by atoms with Crippen LogP contribution in [0.2, 0.25) is 0 Å². The lowest BCUT2D eigenvalue weighted by molar-refractivity contribution is 0.134. The number of likely N-dealkylation sites (N-methyl/N-ethyl adjacent to an activating group) is 1. The van der Waals surface area contributed by atoms with Crippen molar-refractivity contribution in [1.29, 1.82) is 0 Å². The van der Waals surface area contributed by atoms with Gasteiger partial charge in [-0.15, -0.1) is 0 Å². The summed E-state index contributed by atoms with van der Waals surface area (Å²) in [7, 11) is 0. The van der Waals surface area contributed by atoms with E-state index in [-0.39, 0.29) is 0 Å². The molecule has 0 saturated heterocycles. The second-order valence-corrected chi connectivity index (χ2v) is 6.28. The first-order chi connectivity index (χ1) is 10.3. The van der Waals surface area contributed by atoms with E-state index in [1.807, 2.05) is 0 Å². The van der Waals surface area contributed by atoms with Crippen molar-refractivity contribution >= 4 is 15.9 Å². The van der Waals surface area contributed by atoms with Gasteiger partial charge in [0.15, 0.2) is 0 Å². The minimum absolute atomic E-state index is 0.333. The third-order valence-electron chi connectivity index (χ3n) is 3.98. The summed E-state index contributed by atoms with van der Waals surface area (Å²) in [5, 5.41) is 3.60. The maximum Gasteiger partial charge on any atom is 0.0725 e. The SMILES string of the molecule is CCNC(Cc1ccccc1Br)c1ccc2c(c1)COC2. The van der Waals surface area contributed by atoms with Crippen molar-refractivity contribution in [3.05, 3.63) is 69.2 Å². The van der Waals surface area contributed by atoms with Gasteiger partial charge in [0.25, 0.3) is 0 Å². The molecule has 2 nitrogen and oxygen atoms in total. The molecule has 1 heterocycles. The van der Waals surface area contributed by atoms with E-state index in [2.05, 4.69) is 70.6 Å². The van der Waals surface area contributed by atoms with Crippen LogP contribution in [0.15, 0.2) is 46.9 Å². The van der Waals surface area contributed by atoms with E-state index in [1.165, 1.54) is 26.7 Å². The van der Waals surface area contributed by atoms with Crippen LogP contribution in [0.25, 0.3) is 0 Å². The number of benzene rings is 2. The third kappa shape index (κ3) is 3.37. The van der Waals surface area contributed by atoms with Gasteiger partial charge in [-0.3, -0.25) is 0 Å². The van der Waals surface area contributed by atoms with Gasteiger partial charge in [0, 0.05) is 10.5 Å². The van der Waals surface area contributed by atoms with Gasteiger partial charge in [0.1, 0.15) is 0 Å². The molecule has 1 N–H and O–H groups in total. The zero-order valence-corrected chi connectivity index (χ0v) is 13.8. The van der Waals surface area contributed by atoms with E-state index in [0.717, 1.165) is 26.2 Å². The van der Waals surface area contributed by atoms with Crippen LogP contribution >= 0.6 is 15.9 Å². The average Bonchev–Trinajstić information content (AvgIpc) is 2.96. The molecule has 21 heavy (non-hydrogen) atoms. The lowest BCUT2D eigenvalue weighted by Gasteiger charge is -2.20. The fraction of sp³-hybridized carbons (Fsp3) is 0.333. The Balaban J connectivity index is 1.86. The predicted molar refractivity (Wildman–Crippen MR) is 89.2 cm³/mol. The van der Waals surface area contributed by atoms with E-state index < -0.39 is 0 Å². The third-order valence-corrected chi connectivity index (χ3v) is 4.75. The Hall–Kier alpha value is -1.16. The van der Waals surface area contributed by atoms with Crippen LogP contribution in [0.4, 0.5) is 0 Å². The van der Waals surface area contributed by atoms with Gasteiger partial charge in [0.2, 0.25) is 0 Å². The molecule has 1 unspecified atom stereocenters. The summed E-state index contributed by atoms with van der Waals surface area (Å²) in [5.74, 6) is 0. The quantitative estimate of drug-likeness (QED) is 0.868. The number of fused-ring (bicyclic) bond motifs is 1. The Morgan fingerprint density at radius 3 is 2.76 bits per heavy atom. The summed E-state index contributed by atoms with van der Waals surface area (Å²) in [4.78, 5) is 0. The molecule has 3 rings (SSSR count). The molecule has 0 spiro atoms. The van der Waals surface area contributed by atoms with Gasteiger partial charge in [0.05, 0.1) is 13.2 Å². The number of hydrogen-bond acceptors (Lipinski definition) is 2.